The number of rotatable bonds is 0. The van der Waals surface area contributed by atoms with Gasteiger partial charge in [0.25, 0.3) is 0 Å². The Kier molecular flexibility index (Phi) is 1.68. The standard InChI is InChI=1S/C12H11N3O/c1-7-5-12-14-13-8(2)15(12)11-6-9(16)3-4-10(7)11/h3-6,16H,1-2H3. The maximum Gasteiger partial charge on any atom is 0.161 e. The molecule has 0 saturated carbocycles. The number of aryl methyl sites for hydroxylation is 2. The average molecular weight is 213 g/mol. The lowest BCUT2D eigenvalue weighted by Crippen LogP contribution is -1.93. The molecule has 0 bridgehead atoms. The summed E-state index contributed by atoms with van der Waals surface area (Å²) in [5.74, 6) is 1.08. The van der Waals surface area contributed by atoms with E-state index in [0.29, 0.717) is 0 Å². The average Bonchev–Trinajstić information content (AvgIpc) is 2.60. The second-order valence-electron chi connectivity index (χ2n) is 3.97. The fraction of sp³-hybridized carbons (Fsp3) is 0.167. The van der Waals surface area contributed by atoms with Crippen molar-refractivity contribution in [1.29, 1.82) is 0 Å². The van der Waals surface area contributed by atoms with E-state index in [-0.39, 0.29) is 5.75 Å². The van der Waals surface area contributed by atoms with E-state index in [1.54, 1.807) is 12.1 Å². The van der Waals surface area contributed by atoms with E-state index in [1.165, 1.54) is 0 Å². The summed E-state index contributed by atoms with van der Waals surface area (Å²) in [6, 6.07) is 7.35. The Morgan fingerprint density at radius 1 is 1.12 bits per heavy atom. The van der Waals surface area contributed by atoms with Gasteiger partial charge >= 0.3 is 0 Å². The van der Waals surface area contributed by atoms with Crippen LogP contribution in [0.25, 0.3) is 16.6 Å². The monoisotopic (exact) mass is 213 g/mol. The maximum atomic E-state index is 9.55. The molecule has 0 aliphatic heterocycles. The van der Waals surface area contributed by atoms with Crippen molar-refractivity contribution < 1.29 is 5.11 Å². The lowest BCUT2D eigenvalue weighted by Gasteiger charge is -2.06. The van der Waals surface area contributed by atoms with Crippen LogP contribution in [0.5, 0.6) is 5.75 Å². The number of hydrogen-bond donors (Lipinski definition) is 1. The molecule has 0 unspecified atom stereocenters. The SMILES string of the molecule is Cc1cc2nnc(C)n2c2cc(O)ccc12. The molecular formula is C12H11N3O. The van der Waals surface area contributed by atoms with E-state index >= 15 is 0 Å². The molecule has 2 aromatic heterocycles. The molecule has 0 spiro atoms. The Bertz CT molecular complexity index is 700. The van der Waals surface area contributed by atoms with Gasteiger partial charge in [0.15, 0.2) is 5.65 Å². The number of phenolic OH excluding ortho intramolecular Hbond substituents is 1. The first kappa shape index (κ1) is 9.15. The zero-order valence-electron chi connectivity index (χ0n) is 9.10. The Morgan fingerprint density at radius 2 is 1.94 bits per heavy atom. The van der Waals surface area contributed by atoms with Crippen LogP contribution in [0, 0.1) is 13.8 Å². The van der Waals surface area contributed by atoms with Crippen molar-refractivity contribution >= 4 is 16.6 Å². The van der Waals surface area contributed by atoms with Gasteiger partial charge in [-0.1, -0.05) is 0 Å². The maximum absolute atomic E-state index is 9.55. The number of nitrogens with zero attached hydrogens (tertiary/aromatic N) is 3. The summed E-state index contributed by atoms with van der Waals surface area (Å²) in [4.78, 5) is 0. The number of pyridine rings is 1. The fourth-order valence-electron chi connectivity index (χ4n) is 2.08. The van der Waals surface area contributed by atoms with Crippen molar-refractivity contribution in [1.82, 2.24) is 14.6 Å². The third-order valence-corrected chi connectivity index (χ3v) is 2.84. The molecule has 16 heavy (non-hydrogen) atoms. The van der Waals surface area contributed by atoms with Crippen LogP contribution >= 0.6 is 0 Å². The minimum atomic E-state index is 0.257. The summed E-state index contributed by atoms with van der Waals surface area (Å²) in [6.45, 7) is 3.93. The first-order chi connectivity index (χ1) is 7.66. The van der Waals surface area contributed by atoms with E-state index < -0.39 is 0 Å². The Hall–Kier alpha value is -2.10. The number of phenols is 1. The van der Waals surface area contributed by atoms with E-state index in [0.717, 1.165) is 27.9 Å². The summed E-state index contributed by atoms with van der Waals surface area (Å²) < 4.78 is 1.95. The summed E-state index contributed by atoms with van der Waals surface area (Å²) in [5.41, 5.74) is 2.89. The summed E-state index contributed by atoms with van der Waals surface area (Å²) in [5, 5.41) is 18.8. The zero-order valence-corrected chi connectivity index (χ0v) is 9.10. The third-order valence-electron chi connectivity index (χ3n) is 2.84. The number of aromatic hydroxyl groups is 1. The highest BCUT2D eigenvalue weighted by molar-refractivity contribution is 5.86. The van der Waals surface area contributed by atoms with Gasteiger partial charge in [-0.25, -0.2) is 0 Å². The van der Waals surface area contributed by atoms with Crippen LogP contribution in [-0.4, -0.2) is 19.7 Å². The molecule has 1 aromatic carbocycles. The smallest absolute Gasteiger partial charge is 0.161 e. The Morgan fingerprint density at radius 3 is 2.75 bits per heavy atom. The van der Waals surface area contributed by atoms with Crippen molar-refractivity contribution in [3.8, 4) is 5.75 Å². The molecule has 80 valence electrons. The predicted octanol–water partition coefficient (Wildman–Crippen LogP) is 2.20. The predicted molar refractivity (Wildman–Crippen MR) is 61.6 cm³/mol. The molecule has 4 heteroatoms. The molecule has 0 amide bonds. The van der Waals surface area contributed by atoms with Gasteiger partial charge in [-0.05, 0) is 37.6 Å². The first-order valence-corrected chi connectivity index (χ1v) is 5.11. The highest BCUT2D eigenvalue weighted by Crippen LogP contribution is 2.24. The van der Waals surface area contributed by atoms with E-state index in [4.69, 9.17) is 0 Å². The minimum Gasteiger partial charge on any atom is -0.508 e. The molecule has 3 rings (SSSR count). The van der Waals surface area contributed by atoms with Crippen molar-refractivity contribution in [2.24, 2.45) is 0 Å². The van der Waals surface area contributed by atoms with E-state index in [9.17, 15) is 5.11 Å². The number of aromatic nitrogens is 3. The van der Waals surface area contributed by atoms with Crippen LogP contribution < -0.4 is 0 Å². The number of hydrogen-bond acceptors (Lipinski definition) is 3. The van der Waals surface area contributed by atoms with Crippen molar-refractivity contribution in [2.45, 2.75) is 13.8 Å². The third kappa shape index (κ3) is 1.10. The van der Waals surface area contributed by atoms with E-state index in [1.807, 2.05) is 30.4 Å². The zero-order chi connectivity index (χ0) is 11.3. The molecule has 0 aliphatic carbocycles. The van der Waals surface area contributed by atoms with E-state index in [2.05, 4.69) is 10.2 Å². The normalized spacial score (nSPS) is 11.4. The van der Waals surface area contributed by atoms with Crippen molar-refractivity contribution in [3.05, 3.63) is 35.7 Å². The molecule has 3 aromatic rings. The van der Waals surface area contributed by atoms with Crippen molar-refractivity contribution in [3.63, 3.8) is 0 Å². The highest BCUT2D eigenvalue weighted by Gasteiger charge is 2.08. The van der Waals surface area contributed by atoms with Crippen LogP contribution in [0.3, 0.4) is 0 Å². The molecule has 0 aliphatic rings. The van der Waals surface area contributed by atoms with Crippen molar-refractivity contribution in [2.75, 3.05) is 0 Å². The molecule has 0 saturated heterocycles. The summed E-state index contributed by atoms with van der Waals surface area (Å²) >= 11 is 0. The first-order valence-electron chi connectivity index (χ1n) is 5.11. The summed E-state index contributed by atoms with van der Waals surface area (Å²) in [7, 11) is 0. The Balaban J connectivity index is 2.64. The van der Waals surface area contributed by atoms with Gasteiger partial charge in [0.1, 0.15) is 11.6 Å². The Labute approximate surface area is 92.2 Å². The van der Waals surface area contributed by atoms with Gasteiger partial charge in [-0.15, -0.1) is 10.2 Å². The van der Waals surface area contributed by atoms with Crippen LogP contribution in [0.15, 0.2) is 24.3 Å². The number of benzene rings is 1. The lowest BCUT2D eigenvalue weighted by molar-refractivity contribution is 0.476. The molecule has 0 radical (unpaired) electrons. The number of fused-ring (bicyclic) bond motifs is 3. The van der Waals surface area contributed by atoms with Crippen LogP contribution in [0.1, 0.15) is 11.4 Å². The fourth-order valence-corrected chi connectivity index (χ4v) is 2.08. The summed E-state index contributed by atoms with van der Waals surface area (Å²) in [6.07, 6.45) is 0. The lowest BCUT2D eigenvalue weighted by atomic mass is 10.1. The van der Waals surface area contributed by atoms with Gasteiger partial charge < -0.3 is 5.11 Å². The van der Waals surface area contributed by atoms with Crippen LogP contribution in [0.2, 0.25) is 0 Å². The largest absolute Gasteiger partial charge is 0.508 e. The minimum absolute atomic E-state index is 0.257. The molecule has 4 nitrogen and oxygen atoms in total. The highest BCUT2D eigenvalue weighted by atomic mass is 16.3. The molecule has 0 fully saturated rings. The molecule has 0 atom stereocenters. The molecule has 1 N–H and O–H groups in total. The molecular weight excluding hydrogens is 202 g/mol. The van der Waals surface area contributed by atoms with Gasteiger partial charge in [0.2, 0.25) is 0 Å². The van der Waals surface area contributed by atoms with Gasteiger partial charge in [-0.2, -0.15) is 0 Å². The molecule has 2 heterocycles. The quantitative estimate of drug-likeness (QED) is 0.622. The second-order valence-corrected chi connectivity index (χ2v) is 3.97. The van der Waals surface area contributed by atoms with Gasteiger partial charge in [-0.3, -0.25) is 4.40 Å². The second kappa shape index (κ2) is 2.95. The van der Waals surface area contributed by atoms with Gasteiger partial charge in [0.05, 0.1) is 5.52 Å². The van der Waals surface area contributed by atoms with Crippen LogP contribution in [-0.2, 0) is 0 Å². The van der Waals surface area contributed by atoms with Crippen LogP contribution in [0.4, 0.5) is 0 Å². The van der Waals surface area contributed by atoms with Gasteiger partial charge in [0, 0.05) is 11.5 Å². The topological polar surface area (TPSA) is 50.4 Å².